The number of nitrogens with one attached hydrogen (secondary N) is 1. The maximum absolute atomic E-state index is 11.2. The van der Waals surface area contributed by atoms with Crippen LogP contribution in [0.25, 0.3) is 11.0 Å². The molecule has 88 valence electrons. The van der Waals surface area contributed by atoms with Crippen molar-refractivity contribution in [3.8, 4) is 0 Å². The lowest BCUT2D eigenvalue weighted by molar-refractivity contribution is -0.120. The molecule has 0 bridgehead atoms. The first-order chi connectivity index (χ1) is 8.20. The van der Waals surface area contributed by atoms with E-state index in [2.05, 4.69) is 15.3 Å². The van der Waals surface area contributed by atoms with Gasteiger partial charge in [0.05, 0.1) is 29.0 Å². The Morgan fingerprint density at radius 3 is 2.53 bits per heavy atom. The van der Waals surface area contributed by atoms with E-state index in [1.165, 1.54) is 0 Å². The first-order valence-corrected chi connectivity index (χ1v) is 5.69. The molecule has 0 spiro atoms. The van der Waals surface area contributed by atoms with E-state index in [9.17, 15) is 4.79 Å². The number of rotatable bonds is 3. The molecule has 1 heterocycles. The van der Waals surface area contributed by atoms with Gasteiger partial charge in [0, 0.05) is 6.42 Å². The van der Waals surface area contributed by atoms with E-state index in [0.29, 0.717) is 13.0 Å². The molecule has 0 aliphatic carbocycles. The van der Waals surface area contributed by atoms with Crippen LogP contribution in [-0.2, 0) is 11.3 Å². The molecule has 17 heavy (non-hydrogen) atoms. The molecule has 1 amide bonds. The van der Waals surface area contributed by atoms with Gasteiger partial charge in [-0.1, -0.05) is 19.1 Å². The van der Waals surface area contributed by atoms with Crippen molar-refractivity contribution >= 4 is 16.9 Å². The molecule has 0 radical (unpaired) electrons. The number of fused-ring (bicyclic) bond motifs is 1. The molecule has 0 aliphatic rings. The molecule has 2 rings (SSSR count). The number of carbonyl (C=O) groups excluding carboxylic acids is 1. The lowest BCUT2D eigenvalue weighted by atomic mass is 10.2. The number of hydrogen-bond acceptors (Lipinski definition) is 3. The van der Waals surface area contributed by atoms with E-state index in [-0.39, 0.29) is 5.91 Å². The number of hydrogen-bond donors (Lipinski definition) is 1. The van der Waals surface area contributed by atoms with Gasteiger partial charge < -0.3 is 5.32 Å². The highest BCUT2D eigenvalue weighted by atomic mass is 16.1. The molecular weight excluding hydrogens is 214 g/mol. The van der Waals surface area contributed by atoms with Gasteiger partial charge in [0.1, 0.15) is 0 Å². The fraction of sp³-hybridized carbons (Fsp3) is 0.308. The van der Waals surface area contributed by atoms with E-state index in [1.807, 2.05) is 38.1 Å². The van der Waals surface area contributed by atoms with Crippen LogP contribution in [0.1, 0.15) is 24.7 Å². The Bertz CT molecular complexity index is 551. The van der Waals surface area contributed by atoms with Gasteiger partial charge in [-0.05, 0) is 19.1 Å². The zero-order valence-electron chi connectivity index (χ0n) is 10.0. The minimum Gasteiger partial charge on any atom is -0.350 e. The molecular formula is C13H15N3O. The fourth-order valence-electron chi connectivity index (χ4n) is 1.60. The third kappa shape index (κ3) is 2.58. The summed E-state index contributed by atoms with van der Waals surface area (Å²) in [5.74, 6) is 0.0272. The normalized spacial score (nSPS) is 10.5. The Hall–Kier alpha value is -1.97. The highest BCUT2D eigenvalue weighted by Crippen LogP contribution is 2.11. The predicted octanol–water partition coefficient (Wildman–Crippen LogP) is 1.96. The summed E-state index contributed by atoms with van der Waals surface area (Å²) in [6.07, 6.45) is 0.486. The van der Waals surface area contributed by atoms with Gasteiger partial charge in [0.15, 0.2) is 0 Å². The Kier molecular flexibility index (Phi) is 3.32. The molecule has 4 nitrogen and oxygen atoms in total. The van der Waals surface area contributed by atoms with Gasteiger partial charge in [-0.15, -0.1) is 0 Å². The van der Waals surface area contributed by atoms with Crippen molar-refractivity contribution in [2.45, 2.75) is 26.8 Å². The van der Waals surface area contributed by atoms with Gasteiger partial charge >= 0.3 is 0 Å². The minimum atomic E-state index is 0.0272. The topological polar surface area (TPSA) is 54.9 Å². The standard InChI is InChI=1S/C13H15N3O/c1-3-13(17)14-8-12-9(2)15-10-6-4-5-7-11(10)16-12/h4-7H,3,8H2,1-2H3,(H,14,17). The van der Waals surface area contributed by atoms with Gasteiger partial charge in [0.2, 0.25) is 5.91 Å². The summed E-state index contributed by atoms with van der Waals surface area (Å²) in [5, 5.41) is 2.81. The molecule has 0 saturated heterocycles. The van der Waals surface area contributed by atoms with Crippen molar-refractivity contribution in [1.29, 1.82) is 0 Å². The predicted molar refractivity (Wildman–Crippen MR) is 66.4 cm³/mol. The molecule has 0 unspecified atom stereocenters. The summed E-state index contributed by atoms with van der Waals surface area (Å²) in [5.41, 5.74) is 3.43. The van der Waals surface area contributed by atoms with Crippen LogP contribution in [0.2, 0.25) is 0 Å². The van der Waals surface area contributed by atoms with Crippen LogP contribution < -0.4 is 5.32 Å². The van der Waals surface area contributed by atoms with Crippen molar-refractivity contribution in [2.75, 3.05) is 0 Å². The highest BCUT2D eigenvalue weighted by molar-refractivity contribution is 5.76. The smallest absolute Gasteiger partial charge is 0.220 e. The van der Waals surface area contributed by atoms with E-state index >= 15 is 0 Å². The first kappa shape index (κ1) is 11.5. The lowest BCUT2D eigenvalue weighted by Gasteiger charge is -2.07. The molecule has 4 heteroatoms. The van der Waals surface area contributed by atoms with Crippen LogP contribution in [-0.4, -0.2) is 15.9 Å². The fourth-order valence-corrected chi connectivity index (χ4v) is 1.60. The maximum atomic E-state index is 11.2. The summed E-state index contributed by atoms with van der Waals surface area (Å²) in [6.45, 7) is 4.18. The Morgan fingerprint density at radius 1 is 1.24 bits per heavy atom. The second-order valence-electron chi connectivity index (χ2n) is 3.87. The van der Waals surface area contributed by atoms with E-state index in [0.717, 1.165) is 22.4 Å². The molecule has 0 fully saturated rings. The second kappa shape index (κ2) is 4.91. The lowest BCUT2D eigenvalue weighted by Crippen LogP contribution is -2.22. The van der Waals surface area contributed by atoms with Crippen LogP contribution in [0.3, 0.4) is 0 Å². The third-order valence-corrected chi connectivity index (χ3v) is 2.62. The summed E-state index contributed by atoms with van der Waals surface area (Å²) in [6, 6.07) is 7.73. The van der Waals surface area contributed by atoms with Crippen LogP contribution in [0, 0.1) is 6.92 Å². The van der Waals surface area contributed by atoms with Crippen LogP contribution >= 0.6 is 0 Å². The first-order valence-electron chi connectivity index (χ1n) is 5.69. The van der Waals surface area contributed by atoms with E-state index in [1.54, 1.807) is 0 Å². The maximum Gasteiger partial charge on any atom is 0.220 e. The van der Waals surface area contributed by atoms with Crippen molar-refractivity contribution in [2.24, 2.45) is 0 Å². The summed E-state index contributed by atoms with van der Waals surface area (Å²) < 4.78 is 0. The molecule has 0 saturated carbocycles. The zero-order valence-corrected chi connectivity index (χ0v) is 10.0. The van der Waals surface area contributed by atoms with Crippen LogP contribution in [0.15, 0.2) is 24.3 Å². The highest BCUT2D eigenvalue weighted by Gasteiger charge is 2.05. The van der Waals surface area contributed by atoms with Crippen molar-refractivity contribution < 1.29 is 4.79 Å². The largest absolute Gasteiger partial charge is 0.350 e. The Balaban J connectivity index is 2.28. The molecule has 1 aromatic heterocycles. The molecule has 0 atom stereocenters. The Morgan fingerprint density at radius 2 is 1.88 bits per heavy atom. The summed E-state index contributed by atoms with van der Waals surface area (Å²) >= 11 is 0. The van der Waals surface area contributed by atoms with Gasteiger partial charge in [-0.25, -0.2) is 9.97 Å². The molecule has 1 N–H and O–H groups in total. The second-order valence-corrected chi connectivity index (χ2v) is 3.87. The van der Waals surface area contributed by atoms with Gasteiger partial charge in [-0.3, -0.25) is 4.79 Å². The Labute approximate surface area is 100 Å². The monoisotopic (exact) mass is 229 g/mol. The summed E-state index contributed by atoms with van der Waals surface area (Å²) in [4.78, 5) is 20.2. The number of aryl methyl sites for hydroxylation is 1. The molecule has 0 aliphatic heterocycles. The van der Waals surface area contributed by atoms with Crippen molar-refractivity contribution in [1.82, 2.24) is 15.3 Å². The van der Waals surface area contributed by atoms with Gasteiger partial charge in [0.25, 0.3) is 0 Å². The van der Waals surface area contributed by atoms with Crippen LogP contribution in [0.4, 0.5) is 0 Å². The third-order valence-electron chi connectivity index (χ3n) is 2.62. The van der Waals surface area contributed by atoms with Gasteiger partial charge in [-0.2, -0.15) is 0 Å². The molecule has 2 aromatic rings. The number of aromatic nitrogens is 2. The average molecular weight is 229 g/mol. The zero-order chi connectivity index (χ0) is 12.3. The van der Waals surface area contributed by atoms with Crippen molar-refractivity contribution in [3.63, 3.8) is 0 Å². The van der Waals surface area contributed by atoms with E-state index < -0.39 is 0 Å². The van der Waals surface area contributed by atoms with Crippen LogP contribution in [0.5, 0.6) is 0 Å². The van der Waals surface area contributed by atoms with Crippen molar-refractivity contribution in [3.05, 3.63) is 35.7 Å². The number of carbonyl (C=O) groups is 1. The number of nitrogens with zero attached hydrogens (tertiary/aromatic N) is 2. The molecule has 1 aromatic carbocycles. The average Bonchev–Trinajstić information content (AvgIpc) is 2.35. The number of para-hydroxylation sites is 2. The minimum absolute atomic E-state index is 0.0272. The quantitative estimate of drug-likeness (QED) is 0.875. The summed E-state index contributed by atoms with van der Waals surface area (Å²) in [7, 11) is 0. The number of amides is 1. The SMILES string of the molecule is CCC(=O)NCc1nc2ccccc2nc1C. The van der Waals surface area contributed by atoms with E-state index in [4.69, 9.17) is 0 Å². The number of benzene rings is 1.